The molecule has 4 heteroatoms. The molecule has 0 spiro atoms. The summed E-state index contributed by atoms with van der Waals surface area (Å²) in [4.78, 5) is 10.4. The van der Waals surface area contributed by atoms with Crippen LogP contribution in [0, 0.1) is 0 Å². The average Bonchev–Trinajstić information content (AvgIpc) is 2.41. The maximum atomic E-state index is 10.4. The first-order chi connectivity index (χ1) is 8.65. The van der Waals surface area contributed by atoms with Crippen LogP contribution in [0.25, 0.3) is 0 Å². The van der Waals surface area contributed by atoms with Crippen LogP contribution in [0.2, 0.25) is 0 Å². The molecule has 0 unspecified atom stereocenters. The van der Waals surface area contributed by atoms with Crippen LogP contribution < -0.4 is 4.74 Å². The Hall–Kier alpha value is -2.49. The van der Waals surface area contributed by atoms with Gasteiger partial charge in [-0.2, -0.15) is 0 Å². The summed E-state index contributed by atoms with van der Waals surface area (Å²) in [6, 6.07) is 15.8. The first-order valence-electron chi connectivity index (χ1n) is 5.25. The molecule has 0 aliphatic rings. The number of hydrogen-bond acceptors (Lipinski definition) is 3. The summed E-state index contributed by atoms with van der Waals surface area (Å²) in [5.74, 6) is -0.953. The van der Waals surface area contributed by atoms with E-state index in [1.165, 1.54) is 25.3 Å². The number of methoxy groups -OCH3 is 1. The van der Waals surface area contributed by atoms with Gasteiger partial charge in [-0.15, -0.1) is 0 Å². The number of benzene rings is 2. The van der Waals surface area contributed by atoms with Crippen LogP contribution in [0.3, 0.4) is 0 Å². The number of aromatic hydroxyl groups is 1. The molecular formula is C14H14O4. The number of rotatable bonds is 2. The normalized spacial score (nSPS) is 8.94. The van der Waals surface area contributed by atoms with E-state index in [9.17, 15) is 4.79 Å². The number of hydrogen-bond donors (Lipinski definition) is 2. The Kier molecular flexibility index (Phi) is 5.25. The van der Waals surface area contributed by atoms with E-state index in [-0.39, 0.29) is 17.1 Å². The standard InChI is InChI=1S/C8H8O4.C6H6/c1-12-7-4-5(8(10)11)2-3-6(7)9;1-2-4-6-5-3-1/h2-4,9H,1H3,(H,10,11);1-6H. The molecule has 0 heterocycles. The molecule has 2 aromatic carbocycles. The van der Waals surface area contributed by atoms with Gasteiger partial charge in [0.05, 0.1) is 12.7 Å². The van der Waals surface area contributed by atoms with Crippen molar-refractivity contribution in [1.82, 2.24) is 0 Å². The molecule has 0 aromatic heterocycles. The molecule has 0 saturated carbocycles. The van der Waals surface area contributed by atoms with Gasteiger partial charge in [0, 0.05) is 0 Å². The fraction of sp³-hybridized carbons (Fsp3) is 0.0714. The summed E-state index contributed by atoms with van der Waals surface area (Å²) < 4.78 is 4.72. The fourth-order valence-corrected chi connectivity index (χ4v) is 1.20. The lowest BCUT2D eigenvalue weighted by Crippen LogP contribution is -1.96. The lowest BCUT2D eigenvalue weighted by atomic mass is 10.2. The fourth-order valence-electron chi connectivity index (χ4n) is 1.20. The molecule has 94 valence electrons. The van der Waals surface area contributed by atoms with E-state index in [0.29, 0.717) is 0 Å². The summed E-state index contributed by atoms with van der Waals surface area (Å²) >= 11 is 0. The lowest BCUT2D eigenvalue weighted by molar-refractivity contribution is 0.0696. The lowest BCUT2D eigenvalue weighted by Gasteiger charge is -2.02. The first-order valence-corrected chi connectivity index (χ1v) is 5.25. The maximum absolute atomic E-state index is 10.4. The molecule has 0 amide bonds. The minimum absolute atomic E-state index is 0.0671. The van der Waals surface area contributed by atoms with Crippen molar-refractivity contribution in [2.24, 2.45) is 0 Å². The highest BCUT2D eigenvalue weighted by Crippen LogP contribution is 2.25. The highest BCUT2D eigenvalue weighted by molar-refractivity contribution is 5.88. The molecule has 0 fully saturated rings. The van der Waals surface area contributed by atoms with Gasteiger partial charge in [-0.3, -0.25) is 0 Å². The van der Waals surface area contributed by atoms with Gasteiger partial charge in [-0.05, 0) is 18.2 Å². The zero-order valence-corrected chi connectivity index (χ0v) is 9.91. The highest BCUT2D eigenvalue weighted by Gasteiger charge is 2.06. The van der Waals surface area contributed by atoms with Gasteiger partial charge in [0.15, 0.2) is 11.5 Å². The molecule has 0 aliphatic carbocycles. The minimum atomic E-state index is -1.05. The smallest absolute Gasteiger partial charge is 0.335 e. The van der Waals surface area contributed by atoms with E-state index < -0.39 is 5.97 Å². The second-order valence-electron chi connectivity index (χ2n) is 3.35. The van der Waals surface area contributed by atoms with Crippen molar-refractivity contribution in [1.29, 1.82) is 0 Å². The molecular weight excluding hydrogens is 232 g/mol. The van der Waals surface area contributed by atoms with E-state index in [4.69, 9.17) is 14.9 Å². The number of aromatic carboxylic acids is 1. The summed E-state index contributed by atoms with van der Waals surface area (Å²) in [5, 5.41) is 17.7. The van der Waals surface area contributed by atoms with Gasteiger partial charge in [-0.1, -0.05) is 36.4 Å². The summed E-state index contributed by atoms with van der Waals surface area (Å²) in [6.45, 7) is 0. The Balaban J connectivity index is 0.000000225. The molecule has 4 nitrogen and oxygen atoms in total. The Morgan fingerprint density at radius 3 is 1.94 bits per heavy atom. The zero-order valence-electron chi connectivity index (χ0n) is 9.91. The van der Waals surface area contributed by atoms with Crippen molar-refractivity contribution >= 4 is 5.97 Å². The molecule has 0 radical (unpaired) electrons. The Labute approximate surface area is 105 Å². The van der Waals surface area contributed by atoms with Gasteiger partial charge in [0.1, 0.15) is 0 Å². The SMILES string of the molecule is COc1cc(C(=O)O)ccc1O.c1ccccc1. The second-order valence-corrected chi connectivity index (χ2v) is 3.35. The van der Waals surface area contributed by atoms with Crippen molar-refractivity contribution in [3.8, 4) is 11.5 Å². The summed E-state index contributed by atoms with van der Waals surface area (Å²) in [5.41, 5.74) is 0.0876. The third-order valence-corrected chi connectivity index (χ3v) is 2.09. The average molecular weight is 246 g/mol. The number of carboxylic acids is 1. The summed E-state index contributed by atoms with van der Waals surface area (Å²) in [6.07, 6.45) is 0. The Bertz CT molecular complexity index is 468. The van der Waals surface area contributed by atoms with Crippen molar-refractivity contribution < 1.29 is 19.7 Å². The zero-order chi connectivity index (χ0) is 13.4. The number of carboxylic acid groups (broad SMARTS) is 1. The van der Waals surface area contributed by atoms with Gasteiger partial charge >= 0.3 is 5.97 Å². The number of phenols is 1. The predicted molar refractivity (Wildman–Crippen MR) is 68.1 cm³/mol. The predicted octanol–water partition coefficient (Wildman–Crippen LogP) is 2.79. The minimum Gasteiger partial charge on any atom is -0.504 e. The topological polar surface area (TPSA) is 66.8 Å². The van der Waals surface area contributed by atoms with Crippen LogP contribution in [-0.2, 0) is 0 Å². The molecule has 2 rings (SSSR count). The molecule has 0 aliphatic heterocycles. The number of ether oxygens (including phenoxy) is 1. The van der Waals surface area contributed by atoms with Gasteiger partial charge in [0.25, 0.3) is 0 Å². The molecule has 18 heavy (non-hydrogen) atoms. The van der Waals surface area contributed by atoms with E-state index >= 15 is 0 Å². The van der Waals surface area contributed by atoms with Gasteiger partial charge in [-0.25, -0.2) is 4.79 Å². The van der Waals surface area contributed by atoms with Crippen LogP contribution in [0.5, 0.6) is 11.5 Å². The molecule has 0 atom stereocenters. The van der Waals surface area contributed by atoms with Crippen molar-refractivity contribution in [3.63, 3.8) is 0 Å². The van der Waals surface area contributed by atoms with Crippen LogP contribution in [0.4, 0.5) is 0 Å². The highest BCUT2D eigenvalue weighted by atomic mass is 16.5. The van der Waals surface area contributed by atoms with Crippen molar-refractivity contribution in [2.45, 2.75) is 0 Å². The maximum Gasteiger partial charge on any atom is 0.335 e. The van der Waals surface area contributed by atoms with E-state index in [1.54, 1.807) is 0 Å². The number of carbonyl (C=O) groups is 1. The van der Waals surface area contributed by atoms with Crippen LogP contribution in [0.1, 0.15) is 10.4 Å². The van der Waals surface area contributed by atoms with Crippen LogP contribution >= 0.6 is 0 Å². The molecule has 0 saturated heterocycles. The van der Waals surface area contributed by atoms with Crippen molar-refractivity contribution in [2.75, 3.05) is 7.11 Å². The molecule has 0 bridgehead atoms. The summed E-state index contributed by atoms with van der Waals surface area (Å²) in [7, 11) is 1.36. The van der Waals surface area contributed by atoms with Gasteiger partial charge < -0.3 is 14.9 Å². The largest absolute Gasteiger partial charge is 0.504 e. The molecule has 2 N–H and O–H groups in total. The third-order valence-electron chi connectivity index (χ3n) is 2.09. The quantitative estimate of drug-likeness (QED) is 0.855. The second kappa shape index (κ2) is 6.96. The Morgan fingerprint density at radius 1 is 1.06 bits per heavy atom. The third kappa shape index (κ3) is 4.17. The molecule has 2 aromatic rings. The monoisotopic (exact) mass is 246 g/mol. The number of phenolic OH excluding ortho intramolecular Hbond substituents is 1. The van der Waals surface area contributed by atoms with E-state index in [1.807, 2.05) is 36.4 Å². The van der Waals surface area contributed by atoms with E-state index in [2.05, 4.69) is 0 Å². The van der Waals surface area contributed by atoms with Crippen LogP contribution in [0.15, 0.2) is 54.6 Å². The van der Waals surface area contributed by atoms with Crippen molar-refractivity contribution in [3.05, 3.63) is 60.2 Å². The Morgan fingerprint density at radius 2 is 1.56 bits per heavy atom. The van der Waals surface area contributed by atoms with E-state index in [0.717, 1.165) is 0 Å². The first kappa shape index (κ1) is 13.6. The van der Waals surface area contributed by atoms with Crippen LogP contribution in [-0.4, -0.2) is 23.3 Å². The van der Waals surface area contributed by atoms with Gasteiger partial charge in [0.2, 0.25) is 0 Å².